The topological polar surface area (TPSA) is 85.6 Å². The van der Waals surface area contributed by atoms with Crippen LogP contribution in [0.3, 0.4) is 0 Å². The first-order valence-corrected chi connectivity index (χ1v) is 8.23. The van der Waals surface area contributed by atoms with Crippen molar-refractivity contribution in [2.24, 2.45) is 4.99 Å². The molecule has 8 heteroatoms. The minimum absolute atomic E-state index is 0.303. The van der Waals surface area contributed by atoms with Crippen molar-refractivity contribution in [3.8, 4) is 0 Å². The highest BCUT2D eigenvalue weighted by molar-refractivity contribution is 5.79. The Morgan fingerprint density at radius 2 is 2.35 bits per heavy atom. The van der Waals surface area contributed by atoms with E-state index in [2.05, 4.69) is 25.7 Å². The van der Waals surface area contributed by atoms with Crippen molar-refractivity contribution in [2.45, 2.75) is 45.4 Å². The van der Waals surface area contributed by atoms with Crippen LogP contribution in [0.1, 0.15) is 31.4 Å². The minimum Gasteiger partial charge on any atom is -0.382 e. The maximum Gasteiger partial charge on any atom is 0.191 e. The van der Waals surface area contributed by atoms with Gasteiger partial charge in [-0.3, -0.25) is 4.99 Å². The maximum atomic E-state index is 5.33. The van der Waals surface area contributed by atoms with Crippen molar-refractivity contribution in [3.63, 3.8) is 0 Å². The number of methoxy groups -OCH3 is 1. The summed E-state index contributed by atoms with van der Waals surface area (Å²) in [6.45, 7) is 5.65. The second-order valence-corrected chi connectivity index (χ2v) is 5.49. The number of nitrogens with one attached hydrogen (secondary N) is 2. The van der Waals surface area contributed by atoms with Crippen LogP contribution in [0.15, 0.2) is 4.99 Å². The van der Waals surface area contributed by atoms with Crippen LogP contribution < -0.4 is 10.6 Å². The lowest BCUT2D eigenvalue weighted by Gasteiger charge is -2.25. The largest absolute Gasteiger partial charge is 0.382 e. The summed E-state index contributed by atoms with van der Waals surface area (Å²) in [6, 6.07) is 0.303. The number of aromatic nitrogens is 3. The number of nitrogens with zero attached hydrogens (tertiary/aromatic N) is 4. The van der Waals surface area contributed by atoms with Gasteiger partial charge < -0.3 is 20.1 Å². The lowest BCUT2D eigenvalue weighted by molar-refractivity contribution is 0.145. The molecule has 2 rings (SSSR count). The zero-order valence-electron chi connectivity index (χ0n) is 14.3. The fraction of sp³-hybridized carbons (Fsp3) is 0.800. The average Bonchev–Trinajstić information content (AvgIpc) is 2.95. The molecular weight excluding hydrogens is 296 g/mol. The zero-order valence-corrected chi connectivity index (χ0v) is 14.3. The van der Waals surface area contributed by atoms with Gasteiger partial charge in [0.2, 0.25) is 0 Å². The summed E-state index contributed by atoms with van der Waals surface area (Å²) in [6.07, 6.45) is 2.90. The van der Waals surface area contributed by atoms with Gasteiger partial charge in [0.05, 0.1) is 6.54 Å². The Morgan fingerprint density at radius 3 is 3.09 bits per heavy atom. The van der Waals surface area contributed by atoms with Crippen molar-refractivity contribution in [3.05, 3.63) is 11.6 Å². The molecule has 0 saturated carbocycles. The van der Waals surface area contributed by atoms with Gasteiger partial charge in [-0.1, -0.05) is 0 Å². The molecule has 130 valence electrons. The number of aliphatic imine (C=N–C) groups is 1. The van der Waals surface area contributed by atoms with Crippen LogP contribution in [0.2, 0.25) is 0 Å². The van der Waals surface area contributed by atoms with E-state index in [-0.39, 0.29) is 0 Å². The highest BCUT2D eigenvalue weighted by Gasteiger charge is 2.22. The van der Waals surface area contributed by atoms with Crippen LogP contribution in [0, 0.1) is 0 Å². The quantitative estimate of drug-likeness (QED) is 0.407. The molecule has 23 heavy (non-hydrogen) atoms. The van der Waals surface area contributed by atoms with E-state index in [0.717, 1.165) is 63.2 Å². The Bertz CT molecular complexity index is 502. The van der Waals surface area contributed by atoms with Crippen molar-refractivity contribution in [2.75, 3.05) is 33.9 Å². The normalized spacial score (nSPS) is 17.9. The fourth-order valence-electron chi connectivity index (χ4n) is 2.58. The van der Waals surface area contributed by atoms with Gasteiger partial charge in [0.25, 0.3) is 0 Å². The van der Waals surface area contributed by atoms with Crippen molar-refractivity contribution >= 4 is 5.96 Å². The Labute approximate surface area is 137 Å². The van der Waals surface area contributed by atoms with Gasteiger partial charge in [-0.2, -0.15) is 5.10 Å². The Balaban J connectivity index is 1.78. The van der Waals surface area contributed by atoms with Gasteiger partial charge in [-0.25, -0.2) is 9.67 Å². The number of guanidine groups is 1. The Kier molecular flexibility index (Phi) is 7.28. The third-order valence-corrected chi connectivity index (χ3v) is 3.70. The van der Waals surface area contributed by atoms with Crippen molar-refractivity contribution in [1.29, 1.82) is 0 Å². The Morgan fingerprint density at radius 1 is 1.48 bits per heavy atom. The van der Waals surface area contributed by atoms with Crippen LogP contribution >= 0.6 is 0 Å². The first kappa shape index (κ1) is 17.7. The van der Waals surface area contributed by atoms with Gasteiger partial charge in [-0.05, 0) is 19.8 Å². The predicted octanol–water partition coefficient (Wildman–Crippen LogP) is 0.331. The summed E-state index contributed by atoms with van der Waals surface area (Å²) in [7, 11) is 3.45. The summed E-state index contributed by atoms with van der Waals surface area (Å²) in [5, 5.41) is 11.3. The lowest BCUT2D eigenvalue weighted by Crippen LogP contribution is -2.47. The van der Waals surface area contributed by atoms with Crippen LogP contribution in [-0.2, 0) is 29.0 Å². The average molecular weight is 324 g/mol. The predicted molar refractivity (Wildman–Crippen MR) is 88.5 cm³/mol. The molecule has 0 aromatic carbocycles. The molecule has 0 aliphatic carbocycles. The number of aryl methyl sites for hydroxylation is 1. The first-order chi connectivity index (χ1) is 11.3. The van der Waals surface area contributed by atoms with Crippen LogP contribution in [-0.4, -0.2) is 60.7 Å². The highest BCUT2D eigenvalue weighted by atomic mass is 16.5. The van der Waals surface area contributed by atoms with E-state index in [1.54, 1.807) is 14.2 Å². The zero-order chi connectivity index (χ0) is 16.5. The van der Waals surface area contributed by atoms with Gasteiger partial charge >= 0.3 is 0 Å². The maximum absolute atomic E-state index is 5.33. The van der Waals surface area contributed by atoms with Gasteiger partial charge in [0.15, 0.2) is 11.8 Å². The standard InChI is InChI=1S/C15H28N6O2/c1-4-23-9-5-8-17-15(16-2)18-12-6-7-14-19-13(11-22-3)20-21(14)10-12/h12H,4-11H2,1-3H3,(H2,16,17,18). The molecule has 0 fully saturated rings. The van der Waals surface area contributed by atoms with Crippen LogP contribution in [0.5, 0.6) is 0 Å². The minimum atomic E-state index is 0.303. The fourth-order valence-corrected chi connectivity index (χ4v) is 2.58. The van der Waals surface area contributed by atoms with E-state index in [9.17, 15) is 0 Å². The van der Waals surface area contributed by atoms with E-state index in [1.165, 1.54) is 0 Å². The van der Waals surface area contributed by atoms with Crippen molar-refractivity contribution < 1.29 is 9.47 Å². The molecule has 2 N–H and O–H groups in total. The third-order valence-electron chi connectivity index (χ3n) is 3.70. The molecule has 8 nitrogen and oxygen atoms in total. The summed E-state index contributed by atoms with van der Waals surface area (Å²) < 4.78 is 12.4. The van der Waals surface area contributed by atoms with Crippen LogP contribution in [0.25, 0.3) is 0 Å². The molecule has 0 bridgehead atoms. The second-order valence-electron chi connectivity index (χ2n) is 5.49. The number of ether oxygens (including phenoxy) is 2. The molecule has 1 atom stereocenters. The molecule has 0 saturated heterocycles. The molecule has 1 aromatic rings. The SMILES string of the molecule is CCOCCCNC(=NC)NC1CCc2nc(COC)nn2C1. The smallest absolute Gasteiger partial charge is 0.191 e. The number of fused-ring (bicyclic) bond motifs is 1. The summed E-state index contributed by atoms with van der Waals surface area (Å²) in [5.74, 6) is 2.61. The van der Waals surface area contributed by atoms with E-state index in [0.29, 0.717) is 12.6 Å². The van der Waals surface area contributed by atoms with E-state index in [1.807, 2.05) is 11.6 Å². The molecule has 0 amide bonds. The van der Waals surface area contributed by atoms with Gasteiger partial charge in [-0.15, -0.1) is 0 Å². The molecule has 2 heterocycles. The molecular formula is C15H28N6O2. The summed E-state index contributed by atoms with van der Waals surface area (Å²) >= 11 is 0. The summed E-state index contributed by atoms with van der Waals surface area (Å²) in [4.78, 5) is 8.77. The molecule has 0 spiro atoms. The number of hydrogen-bond acceptors (Lipinski definition) is 5. The van der Waals surface area contributed by atoms with Crippen molar-refractivity contribution in [1.82, 2.24) is 25.4 Å². The number of rotatable bonds is 8. The van der Waals surface area contributed by atoms with E-state index < -0.39 is 0 Å². The van der Waals surface area contributed by atoms with Crippen LogP contribution in [0.4, 0.5) is 0 Å². The lowest BCUT2D eigenvalue weighted by atomic mass is 10.1. The third kappa shape index (κ3) is 5.47. The van der Waals surface area contributed by atoms with Gasteiger partial charge in [0.1, 0.15) is 12.4 Å². The highest BCUT2D eigenvalue weighted by Crippen LogP contribution is 2.13. The monoisotopic (exact) mass is 324 g/mol. The number of hydrogen-bond donors (Lipinski definition) is 2. The second kappa shape index (κ2) is 9.46. The molecule has 1 aliphatic heterocycles. The molecule has 1 aromatic heterocycles. The Hall–Kier alpha value is -1.67. The first-order valence-electron chi connectivity index (χ1n) is 8.23. The van der Waals surface area contributed by atoms with E-state index >= 15 is 0 Å². The summed E-state index contributed by atoms with van der Waals surface area (Å²) in [5.41, 5.74) is 0. The molecule has 1 aliphatic rings. The van der Waals surface area contributed by atoms with E-state index in [4.69, 9.17) is 9.47 Å². The molecule has 0 radical (unpaired) electrons. The molecule has 1 unspecified atom stereocenters. The van der Waals surface area contributed by atoms with Gasteiger partial charge in [0, 0.05) is 46.4 Å².